The lowest BCUT2D eigenvalue weighted by Crippen LogP contribution is -2.63. The summed E-state index contributed by atoms with van der Waals surface area (Å²) < 4.78 is 0. The summed E-state index contributed by atoms with van der Waals surface area (Å²) in [4.78, 5) is 6.45. The molecule has 2 saturated carbocycles. The summed E-state index contributed by atoms with van der Waals surface area (Å²) >= 11 is 0. The number of fused-ring (bicyclic) bond motifs is 1. The molecule has 0 aromatic rings. The van der Waals surface area contributed by atoms with Crippen molar-refractivity contribution in [3.63, 3.8) is 0 Å². The normalized spacial score (nSPS) is 42.2. The summed E-state index contributed by atoms with van der Waals surface area (Å²) in [7, 11) is 0. The van der Waals surface area contributed by atoms with Crippen molar-refractivity contribution in [1.29, 1.82) is 5.26 Å². The van der Waals surface area contributed by atoms with E-state index in [1.165, 1.54) is 32.1 Å². The lowest BCUT2D eigenvalue weighted by Gasteiger charge is -2.55. The van der Waals surface area contributed by atoms with Gasteiger partial charge in [-0.1, -0.05) is 32.1 Å². The molecule has 4 nitrogen and oxygen atoms in total. The molecule has 1 saturated heterocycles. The van der Waals surface area contributed by atoms with Crippen molar-refractivity contribution in [3.05, 3.63) is 0 Å². The van der Waals surface area contributed by atoms with Gasteiger partial charge in [0.2, 0.25) is 0 Å². The zero-order valence-corrected chi connectivity index (χ0v) is 13.1. The molecular formula is C17H28N2O2. The van der Waals surface area contributed by atoms with Crippen LogP contribution in [0.2, 0.25) is 0 Å². The van der Waals surface area contributed by atoms with Crippen molar-refractivity contribution in [2.75, 3.05) is 6.61 Å². The third-order valence-electron chi connectivity index (χ3n) is 6.01. The van der Waals surface area contributed by atoms with Crippen LogP contribution < -0.4 is 0 Å². The van der Waals surface area contributed by atoms with Gasteiger partial charge in [-0.25, -0.2) is 0 Å². The Labute approximate surface area is 128 Å². The largest absolute Gasteiger partial charge is 0.396 e. The molecule has 2 aliphatic carbocycles. The quantitative estimate of drug-likeness (QED) is 0.850. The predicted molar refractivity (Wildman–Crippen MR) is 80.1 cm³/mol. The highest BCUT2D eigenvalue weighted by Crippen LogP contribution is 2.48. The van der Waals surface area contributed by atoms with E-state index in [2.05, 4.69) is 13.0 Å². The topological polar surface area (TPSA) is 56.5 Å². The zero-order chi connectivity index (χ0) is 14.9. The summed E-state index contributed by atoms with van der Waals surface area (Å²) in [6.45, 7) is 2.30. The number of hydrogen-bond donors (Lipinski definition) is 1. The van der Waals surface area contributed by atoms with Crippen molar-refractivity contribution in [1.82, 2.24) is 5.06 Å². The molecule has 0 aromatic carbocycles. The van der Waals surface area contributed by atoms with Gasteiger partial charge in [-0.3, -0.25) is 4.84 Å². The van der Waals surface area contributed by atoms with Gasteiger partial charge in [-0.05, 0) is 38.5 Å². The third-order valence-corrected chi connectivity index (χ3v) is 6.01. The predicted octanol–water partition coefficient (Wildman–Crippen LogP) is 3.02. The molecular weight excluding hydrogens is 264 g/mol. The minimum atomic E-state index is -0.283. The van der Waals surface area contributed by atoms with Crippen LogP contribution in [0, 0.1) is 23.2 Å². The number of aliphatic hydroxyl groups excluding tert-OH is 1. The van der Waals surface area contributed by atoms with Gasteiger partial charge in [0.25, 0.3) is 0 Å². The van der Waals surface area contributed by atoms with E-state index in [0.29, 0.717) is 12.0 Å². The maximum atomic E-state index is 9.93. The summed E-state index contributed by atoms with van der Waals surface area (Å²) in [5, 5.41) is 21.6. The van der Waals surface area contributed by atoms with Crippen LogP contribution in [0.25, 0.3) is 0 Å². The van der Waals surface area contributed by atoms with Crippen molar-refractivity contribution >= 4 is 0 Å². The van der Waals surface area contributed by atoms with Crippen LogP contribution in [0.5, 0.6) is 0 Å². The number of nitrogens with zero attached hydrogens (tertiary/aromatic N) is 2. The molecule has 1 heterocycles. The first-order chi connectivity index (χ1) is 10.2. The average Bonchev–Trinajstić information content (AvgIpc) is 2.53. The van der Waals surface area contributed by atoms with Gasteiger partial charge >= 0.3 is 0 Å². The fourth-order valence-electron chi connectivity index (χ4n) is 4.83. The molecule has 0 radical (unpaired) electrons. The second-order valence-corrected chi connectivity index (χ2v) is 7.33. The van der Waals surface area contributed by atoms with Crippen LogP contribution >= 0.6 is 0 Å². The Bertz CT molecular complexity index is 402. The van der Waals surface area contributed by atoms with Gasteiger partial charge in [0, 0.05) is 18.6 Å². The Hall–Kier alpha value is -0.630. The SMILES string of the molecule is CC12CCCCC1C(CO)C(C#N)N(C1CCCCC1)O2. The van der Waals surface area contributed by atoms with E-state index < -0.39 is 0 Å². The number of nitriles is 1. The van der Waals surface area contributed by atoms with Crippen LogP contribution in [-0.2, 0) is 4.84 Å². The Morgan fingerprint density at radius 2 is 1.90 bits per heavy atom. The molecule has 0 amide bonds. The molecule has 4 atom stereocenters. The molecule has 3 rings (SSSR count). The van der Waals surface area contributed by atoms with Crippen LogP contribution in [0.1, 0.15) is 64.7 Å². The lowest BCUT2D eigenvalue weighted by molar-refractivity contribution is -0.344. The lowest BCUT2D eigenvalue weighted by atomic mass is 9.67. The molecule has 21 heavy (non-hydrogen) atoms. The highest BCUT2D eigenvalue weighted by molar-refractivity contribution is 5.06. The monoisotopic (exact) mass is 292 g/mol. The minimum absolute atomic E-state index is 0.0379. The van der Waals surface area contributed by atoms with Crippen molar-refractivity contribution < 1.29 is 9.94 Å². The minimum Gasteiger partial charge on any atom is -0.396 e. The molecule has 3 aliphatic rings. The first-order valence-corrected chi connectivity index (χ1v) is 8.67. The molecule has 4 unspecified atom stereocenters. The first-order valence-electron chi connectivity index (χ1n) is 8.67. The molecule has 1 aliphatic heterocycles. The van der Waals surface area contributed by atoms with Crippen LogP contribution in [0.15, 0.2) is 0 Å². The van der Waals surface area contributed by atoms with E-state index in [1.807, 2.05) is 5.06 Å². The summed E-state index contributed by atoms with van der Waals surface area (Å²) in [6.07, 6.45) is 10.5. The van der Waals surface area contributed by atoms with Gasteiger partial charge in [-0.15, -0.1) is 0 Å². The van der Waals surface area contributed by atoms with E-state index in [4.69, 9.17) is 4.84 Å². The van der Waals surface area contributed by atoms with Crippen molar-refractivity contribution in [2.45, 2.75) is 82.4 Å². The van der Waals surface area contributed by atoms with E-state index in [9.17, 15) is 10.4 Å². The Kier molecular flexibility index (Phi) is 4.54. The Balaban J connectivity index is 1.86. The van der Waals surface area contributed by atoms with Gasteiger partial charge in [0.15, 0.2) is 0 Å². The summed E-state index contributed by atoms with van der Waals surface area (Å²) in [5.41, 5.74) is -0.184. The molecule has 0 aromatic heterocycles. The smallest absolute Gasteiger partial charge is 0.127 e. The standard InChI is InChI=1S/C17H28N2O2/c1-17-10-6-5-9-15(17)14(12-20)16(11-18)19(21-17)13-7-3-2-4-8-13/h13-16,20H,2-10,12H2,1H3. The van der Waals surface area contributed by atoms with Crippen LogP contribution in [0.4, 0.5) is 0 Å². The summed E-state index contributed by atoms with van der Waals surface area (Å²) in [6, 6.07) is 2.52. The van der Waals surface area contributed by atoms with Crippen LogP contribution in [0.3, 0.4) is 0 Å². The number of rotatable bonds is 2. The summed E-state index contributed by atoms with van der Waals surface area (Å²) in [5.74, 6) is 0.358. The maximum Gasteiger partial charge on any atom is 0.127 e. The van der Waals surface area contributed by atoms with Gasteiger partial charge in [-0.2, -0.15) is 10.3 Å². The van der Waals surface area contributed by atoms with E-state index in [0.717, 1.165) is 25.7 Å². The van der Waals surface area contributed by atoms with E-state index in [1.54, 1.807) is 0 Å². The average molecular weight is 292 g/mol. The Morgan fingerprint density at radius 1 is 1.19 bits per heavy atom. The fraction of sp³-hybridized carbons (Fsp3) is 0.941. The number of hydrogen-bond acceptors (Lipinski definition) is 4. The zero-order valence-electron chi connectivity index (χ0n) is 13.1. The van der Waals surface area contributed by atoms with Gasteiger partial charge in [0.1, 0.15) is 6.04 Å². The van der Waals surface area contributed by atoms with Crippen molar-refractivity contribution in [2.24, 2.45) is 11.8 Å². The number of hydroxylamine groups is 2. The third kappa shape index (κ3) is 2.72. The molecule has 3 fully saturated rings. The van der Waals surface area contributed by atoms with Crippen LogP contribution in [-0.4, -0.2) is 34.5 Å². The van der Waals surface area contributed by atoms with Crippen molar-refractivity contribution in [3.8, 4) is 6.07 Å². The molecule has 0 bridgehead atoms. The molecule has 4 heteroatoms. The highest BCUT2D eigenvalue weighted by atomic mass is 16.7. The van der Waals surface area contributed by atoms with Gasteiger partial charge < -0.3 is 5.11 Å². The first kappa shape index (κ1) is 15.3. The van der Waals surface area contributed by atoms with E-state index in [-0.39, 0.29) is 24.2 Å². The van der Waals surface area contributed by atoms with Gasteiger partial charge in [0.05, 0.1) is 11.7 Å². The number of aliphatic hydroxyl groups is 1. The highest BCUT2D eigenvalue weighted by Gasteiger charge is 2.53. The fourth-order valence-corrected chi connectivity index (χ4v) is 4.83. The molecule has 0 spiro atoms. The Morgan fingerprint density at radius 3 is 2.57 bits per heavy atom. The molecule has 1 N–H and O–H groups in total. The maximum absolute atomic E-state index is 9.93. The molecule has 118 valence electrons. The van der Waals surface area contributed by atoms with E-state index >= 15 is 0 Å². The second-order valence-electron chi connectivity index (χ2n) is 7.33. The second kappa shape index (κ2) is 6.24.